The molecule has 0 saturated carbocycles. The van der Waals surface area contributed by atoms with E-state index in [4.69, 9.17) is 4.42 Å². The Hall–Kier alpha value is -3.60. The van der Waals surface area contributed by atoms with Gasteiger partial charge in [-0.1, -0.05) is 54.6 Å². The smallest absolute Gasteiger partial charge is 0.254 e. The third kappa shape index (κ3) is 5.95. The summed E-state index contributed by atoms with van der Waals surface area (Å²) in [6.07, 6.45) is 3.95. The van der Waals surface area contributed by atoms with Gasteiger partial charge in [0.05, 0.1) is 12.8 Å². The molecular formula is C25H26N2O3. The van der Waals surface area contributed by atoms with Gasteiger partial charge >= 0.3 is 0 Å². The summed E-state index contributed by atoms with van der Waals surface area (Å²) in [5, 5.41) is 0. The van der Waals surface area contributed by atoms with E-state index in [0.717, 1.165) is 12.0 Å². The average molecular weight is 402 g/mol. The Morgan fingerprint density at radius 3 is 2.23 bits per heavy atom. The van der Waals surface area contributed by atoms with Crippen LogP contribution in [0, 0.1) is 0 Å². The maximum Gasteiger partial charge on any atom is 0.254 e. The van der Waals surface area contributed by atoms with Crippen molar-refractivity contribution in [3.63, 3.8) is 0 Å². The van der Waals surface area contributed by atoms with Crippen LogP contribution in [0.2, 0.25) is 0 Å². The summed E-state index contributed by atoms with van der Waals surface area (Å²) >= 11 is 0. The van der Waals surface area contributed by atoms with Crippen LogP contribution in [-0.2, 0) is 17.8 Å². The van der Waals surface area contributed by atoms with Crippen molar-refractivity contribution in [2.45, 2.75) is 13.0 Å². The van der Waals surface area contributed by atoms with Crippen LogP contribution in [0.15, 0.2) is 96.1 Å². The van der Waals surface area contributed by atoms with E-state index in [-0.39, 0.29) is 18.4 Å². The average Bonchev–Trinajstić information content (AvgIpc) is 3.30. The zero-order valence-electron chi connectivity index (χ0n) is 16.9. The van der Waals surface area contributed by atoms with Gasteiger partial charge in [-0.05, 0) is 36.2 Å². The number of amides is 2. The largest absolute Gasteiger partial charge is 0.467 e. The summed E-state index contributed by atoms with van der Waals surface area (Å²) in [6, 6.07) is 22.6. The number of hydrogen-bond donors (Lipinski definition) is 0. The number of hydrogen-bond acceptors (Lipinski definition) is 3. The minimum absolute atomic E-state index is 0.0186. The van der Waals surface area contributed by atoms with E-state index in [1.165, 1.54) is 4.90 Å². The molecule has 30 heavy (non-hydrogen) atoms. The number of carbonyl (C=O) groups excluding carboxylic acids is 2. The van der Waals surface area contributed by atoms with Crippen LogP contribution in [0.1, 0.15) is 21.7 Å². The van der Waals surface area contributed by atoms with Crippen LogP contribution in [0.3, 0.4) is 0 Å². The highest BCUT2D eigenvalue weighted by Gasteiger charge is 2.22. The Kier molecular flexibility index (Phi) is 7.61. The third-order valence-electron chi connectivity index (χ3n) is 4.78. The third-order valence-corrected chi connectivity index (χ3v) is 4.78. The second-order valence-corrected chi connectivity index (χ2v) is 6.97. The second kappa shape index (κ2) is 10.8. The lowest BCUT2D eigenvalue weighted by Crippen LogP contribution is -2.43. The van der Waals surface area contributed by atoms with Crippen LogP contribution < -0.4 is 0 Å². The summed E-state index contributed by atoms with van der Waals surface area (Å²) in [6.45, 7) is 4.91. The molecule has 0 bridgehead atoms. The van der Waals surface area contributed by atoms with Gasteiger partial charge in [0.25, 0.3) is 5.91 Å². The van der Waals surface area contributed by atoms with E-state index in [0.29, 0.717) is 31.0 Å². The topological polar surface area (TPSA) is 53.8 Å². The zero-order valence-corrected chi connectivity index (χ0v) is 16.9. The molecule has 3 rings (SSSR count). The molecule has 0 spiro atoms. The summed E-state index contributed by atoms with van der Waals surface area (Å²) in [5.41, 5.74) is 1.70. The molecule has 1 aromatic heterocycles. The first-order valence-corrected chi connectivity index (χ1v) is 9.96. The molecule has 0 radical (unpaired) electrons. The lowest BCUT2D eigenvalue weighted by molar-refractivity contribution is -0.132. The Morgan fingerprint density at radius 1 is 0.900 bits per heavy atom. The van der Waals surface area contributed by atoms with Crippen molar-refractivity contribution in [1.82, 2.24) is 9.80 Å². The first kappa shape index (κ1) is 21.1. The molecule has 5 nitrogen and oxygen atoms in total. The van der Waals surface area contributed by atoms with Gasteiger partial charge in [-0.3, -0.25) is 9.59 Å². The highest BCUT2D eigenvalue weighted by molar-refractivity contribution is 5.96. The van der Waals surface area contributed by atoms with Gasteiger partial charge in [0.15, 0.2) is 0 Å². The minimum Gasteiger partial charge on any atom is -0.467 e. The molecule has 0 unspecified atom stereocenters. The standard InChI is InChI=1S/C25H26N2O3/c1-2-16-27(25(29)22-12-7-4-8-13-22)20-24(28)26(19-23-14-9-18-30-23)17-15-21-10-5-3-6-11-21/h2-14,18H,1,15-17,19-20H2. The Bertz CT molecular complexity index is 937. The molecule has 3 aromatic rings. The summed E-state index contributed by atoms with van der Waals surface area (Å²) in [4.78, 5) is 29.3. The Balaban J connectivity index is 1.72. The van der Waals surface area contributed by atoms with Crippen molar-refractivity contribution in [2.24, 2.45) is 0 Å². The van der Waals surface area contributed by atoms with Gasteiger partial charge in [-0.2, -0.15) is 0 Å². The summed E-state index contributed by atoms with van der Waals surface area (Å²) < 4.78 is 5.44. The Morgan fingerprint density at radius 2 is 1.60 bits per heavy atom. The van der Waals surface area contributed by atoms with Gasteiger partial charge in [-0.25, -0.2) is 0 Å². The summed E-state index contributed by atoms with van der Waals surface area (Å²) in [5.74, 6) is 0.388. The highest BCUT2D eigenvalue weighted by Crippen LogP contribution is 2.11. The first-order valence-electron chi connectivity index (χ1n) is 9.96. The fourth-order valence-electron chi connectivity index (χ4n) is 3.19. The maximum atomic E-state index is 13.2. The fraction of sp³-hybridized carbons (Fsp3) is 0.200. The van der Waals surface area contributed by atoms with E-state index < -0.39 is 0 Å². The van der Waals surface area contributed by atoms with Gasteiger partial charge in [0.2, 0.25) is 5.91 Å². The number of nitrogens with zero attached hydrogens (tertiary/aromatic N) is 2. The van der Waals surface area contributed by atoms with Gasteiger partial charge < -0.3 is 14.2 Å². The summed E-state index contributed by atoms with van der Waals surface area (Å²) in [7, 11) is 0. The molecule has 0 aliphatic heterocycles. The normalized spacial score (nSPS) is 10.4. The fourth-order valence-corrected chi connectivity index (χ4v) is 3.19. The molecule has 0 aliphatic rings. The Labute approximate surface area is 177 Å². The lowest BCUT2D eigenvalue weighted by Gasteiger charge is -2.27. The molecule has 0 N–H and O–H groups in total. The van der Waals surface area contributed by atoms with Crippen LogP contribution in [0.4, 0.5) is 0 Å². The van der Waals surface area contributed by atoms with Crippen molar-refractivity contribution in [1.29, 1.82) is 0 Å². The van der Waals surface area contributed by atoms with Gasteiger partial charge in [0, 0.05) is 18.7 Å². The number of carbonyl (C=O) groups is 2. The second-order valence-electron chi connectivity index (χ2n) is 6.97. The molecule has 1 heterocycles. The van der Waals surface area contributed by atoms with Crippen LogP contribution in [0.25, 0.3) is 0 Å². The van der Waals surface area contributed by atoms with Crippen LogP contribution in [0.5, 0.6) is 0 Å². The monoisotopic (exact) mass is 402 g/mol. The molecule has 0 fully saturated rings. The predicted octanol–water partition coefficient (Wildman–Crippen LogP) is 4.18. The maximum absolute atomic E-state index is 13.2. The van der Waals surface area contributed by atoms with E-state index in [2.05, 4.69) is 6.58 Å². The number of furan rings is 1. The first-order chi connectivity index (χ1) is 14.7. The lowest BCUT2D eigenvalue weighted by atomic mass is 10.1. The van der Waals surface area contributed by atoms with Crippen molar-refractivity contribution in [3.8, 4) is 0 Å². The molecule has 0 saturated heterocycles. The number of benzene rings is 2. The van der Waals surface area contributed by atoms with Crippen LogP contribution in [-0.4, -0.2) is 41.2 Å². The van der Waals surface area contributed by atoms with E-state index in [1.807, 2.05) is 54.6 Å². The number of rotatable bonds is 10. The highest BCUT2D eigenvalue weighted by atomic mass is 16.3. The van der Waals surface area contributed by atoms with Crippen molar-refractivity contribution in [3.05, 3.63) is 109 Å². The van der Waals surface area contributed by atoms with Crippen molar-refractivity contribution in [2.75, 3.05) is 19.6 Å². The zero-order chi connectivity index (χ0) is 21.2. The van der Waals surface area contributed by atoms with E-state index in [1.54, 1.807) is 35.4 Å². The quantitative estimate of drug-likeness (QED) is 0.478. The van der Waals surface area contributed by atoms with Gasteiger partial charge in [0.1, 0.15) is 12.3 Å². The molecule has 0 aliphatic carbocycles. The SMILES string of the molecule is C=CCN(CC(=O)N(CCc1ccccc1)Cc1ccco1)C(=O)c1ccccc1. The predicted molar refractivity (Wildman–Crippen MR) is 117 cm³/mol. The molecule has 2 aromatic carbocycles. The molecule has 0 atom stereocenters. The van der Waals surface area contributed by atoms with E-state index >= 15 is 0 Å². The van der Waals surface area contributed by atoms with Crippen molar-refractivity contribution >= 4 is 11.8 Å². The minimum atomic E-state index is -0.190. The van der Waals surface area contributed by atoms with E-state index in [9.17, 15) is 9.59 Å². The molecule has 154 valence electrons. The van der Waals surface area contributed by atoms with Gasteiger partial charge in [-0.15, -0.1) is 6.58 Å². The molecule has 5 heteroatoms. The van der Waals surface area contributed by atoms with Crippen LogP contribution >= 0.6 is 0 Å². The molecule has 2 amide bonds. The van der Waals surface area contributed by atoms with Crippen molar-refractivity contribution < 1.29 is 14.0 Å². The molecular weight excluding hydrogens is 376 g/mol.